The Labute approximate surface area is 231 Å². The fourth-order valence-electron chi connectivity index (χ4n) is 5.10. The van der Waals surface area contributed by atoms with Crippen molar-refractivity contribution in [1.29, 1.82) is 0 Å². The molecule has 210 valence electrons. The second-order valence-corrected chi connectivity index (χ2v) is 11.0. The maximum Gasteiger partial charge on any atom is 0.417 e. The van der Waals surface area contributed by atoms with E-state index in [1.54, 1.807) is 18.2 Å². The second kappa shape index (κ2) is 10.4. The summed E-state index contributed by atoms with van der Waals surface area (Å²) >= 11 is 1.45. The molecule has 3 heterocycles. The summed E-state index contributed by atoms with van der Waals surface area (Å²) in [6.07, 6.45) is -1.49. The van der Waals surface area contributed by atoms with Gasteiger partial charge in [-0.2, -0.15) is 13.2 Å². The van der Waals surface area contributed by atoms with Gasteiger partial charge in [0.15, 0.2) is 5.13 Å². The average molecular weight is 574 g/mol. The topological polar surface area (TPSA) is 97.9 Å². The van der Waals surface area contributed by atoms with E-state index in [0.717, 1.165) is 34.3 Å². The monoisotopic (exact) mass is 573 g/mol. The molecule has 2 aromatic carbocycles. The fourth-order valence-corrected chi connectivity index (χ4v) is 6.16. The van der Waals surface area contributed by atoms with Gasteiger partial charge in [-0.05, 0) is 56.0 Å². The Morgan fingerprint density at radius 1 is 1.18 bits per heavy atom. The number of thiazole rings is 1. The molecule has 2 aliphatic rings. The molecule has 1 saturated carbocycles. The van der Waals surface area contributed by atoms with Gasteiger partial charge >= 0.3 is 12.1 Å². The number of carboxylic acid groups (broad SMARTS) is 1. The van der Waals surface area contributed by atoms with Crippen molar-refractivity contribution in [3.8, 4) is 17.0 Å². The first-order valence-corrected chi connectivity index (χ1v) is 13.8. The lowest BCUT2D eigenvalue weighted by molar-refractivity contribution is -0.137. The Hall–Kier alpha value is -3.64. The van der Waals surface area contributed by atoms with Crippen molar-refractivity contribution in [1.82, 2.24) is 10.1 Å². The number of rotatable bonds is 8. The highest BCUT2D eigenvalue weighted by Crippen LogP contribution is 2.48. The van der Waals surface area contributed by atoms with Crippen molar-refractivity contribution in [3.05, 3.63) is 58.8 Å². The Bertz CT molecular complexity index is 1550. The lowest BCUT2D eigenvalue weighted by Crippen LogP contribution is -2.37. The molecule has 0 radical (unpaired) electrons. The van der Waals surface area contributed by atoms with Crippen LogP contribution in [0, 0.1) is 0 Å². The van der Waals surface area contributed by atoms with Gasteiger partial charge in [0.05, 0.1) is 46.7 Å². The molecular weight excluding hydrogens is 547 g/mol. The minimum Gasteiger partial charge on any atom is -0.496 e. The quantitative estimate of drug-likeness (QED) is 0.248. The van der Waals surface area contributed by atoms with Crippen LogP contribution in [0.3, 0.4) is 0 Å². The minimum absolute atomic E-state index is 0.0753. The van der Waals surface area contributed by atoms with Crippen molar-refractivity contribution < 1.29 is 37.1 Å². The van der Waals surface area contributed by atoms with Gasteiger partial charge in [0, 0.05) is 24.6 Å². The third-order valence-corrected chi connectivity index (χ3v) is 8.43. The van der Waals surface area contributed by atoms with Crippen LogP contribution in [-0.4, -0.2) is 47.5 Å². The van der Waals surface area contributed by atoms with Crippen LogP contribution in [-0.2, 0) is 17.5 Å². The van der Waals surface area contributed by atoms with E-state index in [-0.39, 0.29) is 41.2 Å². The number of nitrogens with zero attached hydrogens (tertiary/aromatic N) is 3. The van der Waals surface area contributed by atoms with E-state index in [1.807, 2.05) is 0 Å². The number of hydrogen-bond acceptors (Lipinski definition) is 8. The average Bonchev–Trinajstić information content (AvgIpc) is 3.55. The number of halogens is 3. The van der Waals surface area contributed by atoms with E-state index in [4.69, 9.17) is 14.0 Å². The van der Waals surface area contributed by atoms with Crippen molar-refractivity contribution in [2.75, 3.05) is 25.1 Å². The molecule has 1 saturated heterocycles. The summed E-state index contributed by atoms with van der Waals surface area (Å²) in [5.74, 6) is -0.185. The summed E-state index contributed by atoms with van der Waals surface area (Å²) in [5.41, 5.74) is 0.668. The molecule has 2 aromatic heterocycles. The number of anilines is 1. The Kier molecular flexibility index (Phi) is 6.91. The highest BCUT2D eigenvalue weighted by Gasteiger charge is 2.39. The molecule has 0 atom stereocenters. The fraction of sp³-hybridized carbons (Fsp3) is 0.393. The highest BCUT2D eigenvalue weighted by molar-refractivity contribution is 7.22. The number of aromatic carboxylic acids is 1. The van der Waals surface area contributed by atoms with Gasteiger partial charge in [0.2, 0.25) is 0 Å². The maximum absolute atomic E-state index is 14.0. The maximum atomic E-state index is 14.0. The largest absolute Gasteiger partial charge is 0.496 e. The molecule has 40 heavy (non-hydrogen) atoms. The first-order chi connectivity index (χ1) is 19.2. The summed E-state index contributed by atoms with van der Waals surface area (Å²) < 4.78 is 59.8. The number of carboxylic acids is 1. The van der Waals surface area contributed by atoms with E-state index in [0.29, 0.717) is 37.3 Å². The predicted octanol–water partition coefficient (Wildman–Crippen LogP) is 6.74. The van der Waals surface area contributed by atoms with Crippen molar-refractivity contribution in [2.45, 2.75) is 50.5 Å². The molecule has 0 bridgehead atoms. The zero-order valence-corrected chi connectivity index (χ0v) is 22.3. The second-order valence-electron chi connectivity index (χ2n) is 10.0. The number of hydrogen-bond donors (Lipinski definition) is 1. The van der Waals surface area contributed by atoms with Gasteiger partial charge in [-0.1, -0.05) is 22.6 Å². The molecule has 0 amide bonds. The normalized spacial score (nSPS) is 16.6. The smallest absolute Gasteiger partial charge is 0.417 e. The summed E-state index contributed by atoms with van der Waals surface area (Å²) in [6, 6.07) is 8.72. The molecule has 0 unspecified atom stereocenters. The van der Waals surface area contributed by atoms with Crippen molar-refractivity contribution in [3.63, 3.8) is 0 Å². The first-order valence-electron chi connectivity index (χ1n) is 13.0. The van der Waals surface area contributed by atoms with Gasteiger partial charge in [0.25, 0.3) is 0 Å². The highest BCUT2D eigenvalue weighted by atomic mass is 32.1. The van der Waals surface area contributed by atoms with Crippen molar-refractivity contribution in [2.24, 2.45) is 0 Å². The molecule has 0 spiro atoms. The standard InChI is InChI=1S/C28H26F3N3O5S/c1-37-21-4-2-3-19(28(29,30)31)23(21)24-18(25(39-33-24)15-5-6-15)14-38-17-9-11-34(12-10-17)27-32-20-8-7-16(26(35)36)13-22(20)40-27/h2-4,7-8,13,15,17H,5-6,9-12,14H2,1H3,(H,35,36). The van der Waals surface area contributed by atoms with Crippen LogP contribution >= 0.6 is 11.3 Å². The van der Waals surface area contributed by atoms with Crippen molar-refractivity contribution >= 4 is 32.7 Å². The summed E-state index contributed by atoms with van der Waals surface area (Å²) in [5, 5.41) is 14.2. The molecule has 2 fully saturated rings. The number of ether oxygens (including phenoxy) is 2. The van der Waals surface area contributed by atoms with Gasteiger partial charge in [-0.25, -0.2) is 9.78 Å². The molecular formula is C28H26F3N3O5S. The number of aromatic nitrogens is 2. The molecule has 6 rings (SSSR count). The zero-order chi connectivity index (χ0) is 28.0. The third kappa shape index (κ3) is 5.13. The summed E-state index contributed by atoms with van der Waals surface area (Å²) in [7, 11) is 1.33. The number of alkyl halides is 3. The number of methoxy groups -OCH3 is 1. The molecule has 12 heteroatoms. The van der Waals surface area contributed by atoms with Gasteiger partial charge in [-0.3, -0.25) is 0 Å². The Balaban J connectivity index is 1.18. The number of carbonyl (C=O) groups is 1. The molecule has 4 aromatic rings. The van der Waals surface area contributed by atoms with Crippen LogP contribution in [0.5, 0.6) is 5.75 Å². The Morgan fingerprint density at radius 3 is 2.62 bits per heavy atom. The summed E-state index contributed by atoms with van der Waals surface area (Å²) in [4.78, 5) is 18.1. The Morgan fingerprint density at radius 2 is 1.95 bits per heavy atom. The summed E-state index contributed by atoms with van der Waals surface area (Å²) in [6.45, 7) is 1.46. The van der Waals surface area contributed by atoms with Crippen LogP contribution in [0.15, 0.2) is 40.9 Å². The first kappa shape index (κ1) is 26.6. The molecule has 1 aliphatic heterocycles. The predicted molar refractivity (Wildman–Crippen MR) is 142 cm³/mol. The van der Waals surface area contributed by atoms with E-state index >= 15 is 0 Å². The SMILES string of the molecule is COc1cccc(C(F)(F)F)c1-c1noc(C2CC2)c1COC1CCN(c2nc3ccc(C(=O)O)cc3s2)CC1. The lowest BCUT2D eigenvalue weighted by Gasteiger charge is -2.31. The van der Waals surface area contributed by atoms with E-state index in [2.05, 4.69) is 15.0 Å². The lowest BCUT2D eigenvalue weighted by atomic mass is 9.98. The van der Waals surface area contributed by atoms with Crippen LogP contribution in [0.25, 0.3) is 21.5 Å². The third-order valence-electron chi connectivity index (χ3n) is 7.36. The number of fused-ring (bicyclic) bond motifs is 1. The number of benzene rings is 2. The number of piperidine rings is 1. The molecule has 8 nitrogen and oxygen atoms in total. The molecule has 1 aliphatic carbocycles. The zero-order valence-electron chi connectivity index (χ0n) is 21.5. The van der Waals surface area contributed by atoms with Gasteiger partial charge in [0.1, 0.15) is 17.2 Å². The molecule has 1 N–H and O–H groups in total. The van der Waals surface area contributed by atoms with E-state index < -0.39 is 17.7 Å². The van der Waals surface area contributed by atoms with Crippen LogP contribution in [0.2, 0.25) is 0 Å². The van der Waals surface area contributed by atoms with Gasteiger partial charge < -0.3 is 24.0 Å². The van der Waals surface area contributed by atoms with Crippen LogP contribution in [0.1, 0.15) is 58.8 Å². The van der Waals surface area contributed by atoms with Crippen LogP contribution in [0.4, 0.5) is 18.3 Å². The van der Waals surface area contributed by atoms with E-state index in [1.165, 1.54) is 30.6 Å². The van der Waals surface area contributed by atoms with Crippen LogP contribution < -0.4 is 9.64 Å². The van der Waals surface area contributed by atoms with Gasteiger partial charge in [-0.15, -0.1) is 0 Å². The minimum atomic E-state index is -4.59. The van der Waals surface area contributed by atoms with E-state index in [9.17, 15) is 23.1 Å².